The number of hydrogen-bond acceptors (Lipinski definition) is 3. The quantitative estimate of drug-likeness (QED) is 0.898. The van der Waals surface area contributed by atoms with Gasteiger partial charge in [-0.05, 0) is 42.7 Å². The maximum absolute atomic E-state index is 13.6. The molecule has 0 spiro atoms. The number of piperazine rings is 1. The van der Waals surface area contributed by atoms with Crippen molar-refractivity contribution in [3.63, 3.8) is 0 Å². The molecule has 0 bridgehead atoms. The lowest BCUT2D eigenvalue weighted by Crippen LogP contribution is -2.48. The highest BCUT2D eigenvalue weighted by Gasteiger charge is 2.26. The smallest absolute Gasteiger partial charge is 0.238 e. The summed E-state index contributed by atoms with van der Waals surface area (Å²) in [7, 11) is 0. The van der Waals surface area contributed by atoms with Gasteiger partial charge in [0.05, 0.1) is 6.54 Å². The molecule has 1 fully saturated rings. The molecule has 1 amide bonds. The zero-order chi connectivity index (χ0) is 17.8. The second kappa shape index (κ2) is 7.76. The van der Waals surface area contributed by atoms with Gasteiger partial charge in [0.25, 0.3) is 0 Å². The van der Waals surface area contributed by atoms with Crippen molar-refractivity contribution in [2.75, 3.05) is 31.5 Å². The van der Waals surface area contributed by atoms with Gasteiger partial charge < -0.3 is 10.6 Å². The van der Waals surface area contributed by atoms with Crippen molar-refractivity contribution in [2.45, 2.75) is 19.9 Å². The van der Waals surface area contributed by atoms with Crippen molar-refractivity contribution in [3.05, 3.63) is 65.0 Å². The number of halogens is 1. The van der Waals surface area contributed by atoms with E-state index in [0.29, 0.717) is 6.54 Å². The van der Waals surface area contributed by atoms with Crippen molar-refractivity contribution < 1.29 is 9.18 Å². The van der Waals surface area contributed by atoms with Crippen LogP contribution in [-0.2, 0) is 4.79 Å². The molecule has 4 nitrogen and oxygen atoms in total. The maximum atomic E-state index is 13.6. The standard InChI is InChI=1S/C20H24FN3O/c1-14-5-3-6-15(2)20(14)23-19(25)13-24-10-9-22-12-18(24)16-7-4-8-17(21)11-16/h3-8,11,18,22H,9-10,12-13H2,1-2H3,(H,23,25). The molecule has 3 rings (SSSR count). The predicted octanol–water partition coefficient (Wildman–Crippen LogP) is 3.03. The number of nitrogens with one attached hydrogen (secondary N) is 2. The van der Waals surface area contributed by atoms with Crippen molar-refractivity contribution in [1.82, 2.24) is 10.2 Å². The summed E-state index contributed by atoms with van der Waals surface area (Å²) in [5.41, 5.74) is 3.88. The van der Waals surface area contributed by atoms with E-state index in [0.717, 1.165) is 35.5 Å². The fourth-order valence-corrected chi connectivity index (χ4v) is 3.35. The Morgan fingerprint density at radius 1 is 1.24 bits per heavy atom. The number of rotatable bonds is 4. The van der Waals surface area contributed by atoms with Crippen LogP contribution in [0, 0.1) is 19.7 Å². The molecular weight excluding hydrogens is 317 g/mol. The average Bonchev–Trinajstić information content (AvgIpc) is 2.59. The van der Waals surface area contributed by atoms with Crippen LogP contribution >= 0.6 is 0 Å². The Labute approximate surface area is 148 Å². The molecule has 1 saturated heterocycles. The van der Waals surface area contributed by atoms with Crippen LogP contribution in [0.5, 0.6) is 0 Å². The molecule has 2 aromatic rings. The number of anilines is 1. The highest BCUT2D eigenvalue weighted by Crippen LogP contribution is 2.24. The highest BCUT2D eigenvalue weighted by atomic mass is 19.1. The second-order valence-electron chi connectivity index (χ2n) is 6.56. The van der Waals surface area contributed by atoms with Crippen molar-refractivity contribution in [3.8, 4) is 0 Å². The molecule has 0 radical (unpaired) electrons. The van der Waals surface area contributed by atoms with Crippen LogP contribution in [0.4, 0.5) is 10.1 Å². The van der Waals surface area contributed by atoms with E-state index in [-0.39, 0.29) is 24.3 Å². The third kappa shape index (κ3) is 4.24. The lowest BCUT2D eigenvalue weighted by molar-refractivity contribution is -0.118. The summed E-state index contributed by atoms with van der Waals surface area (Å²) in [5, 5.41) is 6.36. The Morgan fingerprint density at radius 3 is 2.68 bits per heavy atom. The number of benzene rings is 2. The lowest BCUT2D eigenvalue weighted by atomic mass is 10.0. The first-order valence-corrected chi connectivity index (χ1v) is 8.61. The number of aryl methyl sites for hydroxylation is 2. The summed E-state index contributed by atoms with van der Waals surface area (Å²) in [4.78, 5) is 14.7. The first-order chi connectivity index (χ1) is 12.0. The zero-order valence-corrected chi connectivity index (χ0v) is 14.7. The first-order valence-electron chi connectivity index (χ1n) is 8.61. The van der Waals surface area contributed by atoms with Crippen LogP contribution in [-0.4, -0.2) is 37.0 Å². The summed E-state index contributed by atoms with van der Waals surface area (Å²) in [5.74, 6) is -0.288. The van der Waals surface area contributed by atoms with Crippen LogP contribution in [0.15, 0.2) is 42.5 Å². The molecule has 5 heteroatoms. The number of hydrogen-bond donors (Lipinski definition) is 2. The summed E-state index contributed by atoms with van der Waals surface area (Å²) in [6.07, 6.45) is 0. The largest absolute Gasteiger partial charge is 0.324 e. The van der Waals surface area contributed by atoms with Crippen molar-refractivity contribution in [1.29, 1.82) is 0 Å². The summed E-state index contributed by atoms with van der Waals surface area (Å²) < 4.78 is 13.6. The van der Waals surface area contributed by atoms with E-state index in [4.69, 9.17) is 0 Å². The minimum atomic E-state index is -0.247. The Kier molecular flexibility index (Phi) is 5.46. The number of carbonyl (C=O) groups is 1. The van der Waals surface area contributed by atoms with Crippen LogP contribution in [0.2, 0.25) is 0 Å². The highest BCUT2D eigenvalue weighted by molar-refractivity contribution is 5.93. The van der Waals surface area contributed by atoms with Crippen LogP contribution < -0.4 is 10.6 Å². The Morgan fingerprint density at radius 2 is 1.96 bits per heavy atom. The summed E-state index contributed by atoms with van der Waals surface area (Å²) >= 11 is 0. The van der Waals surface area contributed by atoms with Crippen LogP contribution in [0.25, 0.3) is 0 Å². The molecule has 1 atom stereocenters. The molecule has 25 heavy (non-hydrogen) atoms. The third-order valence-corrected chi connectivity index (χ3v) is 4.68. The molecule has 132 valence electrons. The number of carbonyl (C=O) groups excluding carboxylic acids is 1. The molecule has 2 N–H and O–H groups in total. The zero-order valence-electron chi connectivity index (χ0n) is 14.7. The van der Waals surface area contributed by atoms with Crippen molar-refractivity contribution in [2.24, 2.45) is 0 Å². The van der Waals surface area contributed by atoms with Gasteiger partial charge in [-0.2, -0.15) is 0 Å². The molecule has 2 aromatic carbocycles. The van der Waals surface area contributed by atoms with E-state index >= 15 is 0 Å². The minimum absolute atomic E-state index is 0.00633. The Bertz CT molecular complexity index is 742. The van der Waals surface area contributed by atoms with Gasteiger partial charge in [0, 0.05) is 31.4 Å². The van der Waals surface area contributed by atoms with E-state index in [1.165, 1.54) is 6.07 Å². The number of para-hydroxylation sites is 1. The second-order valence-corrected chi connectivity index (χ2v) is 6.56. The van der Waals surface area contributed by atoms with Gasteiger partial charge in [0.1, 0.15) is 5.82 Å². The van der Waals surface area contributed by atoms with Gasteiger partial charge in [-0.25, -0.2) is 4.39 Å². The predicted molar refractivity (Wildman–Crippen MR) is 98.1 cm³/mol. The summed E-state index contributed by atoms with van der Waals surface area (Å²) in [6, 6.07) is 12.6. The molecule has 1 heterocycles. The van der Waals surface area contributed by atoms with E-state index < -0.39 is 0 Å². The molecular formula is C20H24FN3O. The molecule has 1 aliphatic rings. The van der Waals surface area contributed by atoms with E-state index in [1.807, 2.05) is 38.1 Å². The Hall–Kier alpha value is -2.24. The van der Waals surface area contributed by atoms with Gasteiger partial charge >= 0.3 is 0 Å². The fourth-order valence-electron chi connectivity index (χ4n) is 3.35. The number of amides is 1. The SMILES string of the molecule is Cc1cccc(C)c1NC(=O)CN1CCNCC1c1cccc(F)c1. The topological polar surface area (TPSA) is 44.4 Å². The summed E-state index contributed by atoms with van der Waals surface area (Å²) in [6.45, 7) is 6.55. The van der Waals surface area contributed by atoms with Gasteiger partial charge in [0.15, 0.2) is 0 Å². The van der Waals surface area contributed by atoms with Gasteiger partial charge in [-0.1, -0.05) is 30.3 Å². The van der Waals surface area contributed by atoms with Crippen LogP contribution in [0.1, 0.15) is 22.7 Å². The van der Waals surface area contributed by atoms with Crippen molar-refractivity contribution >= 4 is 11.6 Å². The van der Waals surface area contributed by atoms with E-state index in [9.17, 15) is 9.18 Å². The van der Waals surface area contributed by atoms with Gasteiger partial charge in [-0.3, -0.25) is 9.69 Å². The lowest BCUT2D eigenvalue weighted by Gasteiger charge is -2.36. The van der Waals surface area contributed by atoms with E-state index in [1.54, 1.807) is 12.1 Å². The monoisotopic (exact) mass is 341 g/mol. The Balaban J connectivity index is 1.72. The molecule has 1 aliphatic heterocycles. The molecule has 1 unspecified atom stereocenters. The molecule has 0 aromatic heterocycles. The normalized spacial score (nSPS) is 18.1. The first kappa shape index (κ1) is 17.6. The maximum Gasteiger partial charge on any atom is 0.238 e. The van der Waals surface area contributed by atoms with E-state index in [2.05, 4.69) is 15.5 Å². The minimum Gasteiger partial charge on any atom is -0.324 e. The molecule has 0 saturated carbocycles. The van der Waals surface area contributed by atoms with Crippen LogP contribution in [0.3, 0.4) is 0 Å². The fraction of sp³-hybridized carbons (Fsp3) is 0.350. The van der Waals surface area contributed by atoms with Gasteiger partial charge in [-0.15, -0.1) is 0 Å². The third-order valence-electron chi connectivity index (χ3n) is 4.68. The number of nitrogens with zero attached hydrogens (tertiary/aromatic N) is 1. The van der Waals surface area contributed by atoms with Gasteiger partial charge in [0.2, 0.25) is 5.91 Å². The average molecular weight is 341 g/mol. The molecule has 0 aliphatic carbocycles.